The quantitative estimate of drug-likeness (QED) is 0.801. The molecule has 0 heterocycles. The van der Waals surface area contributed by atoms with E-state index in [2.05, 4.69) is 26.0 Å². The van der Waals surface area contributed by atoms with Gasteiger partial charge in [0.1, 0.15) is 18.1 Å². The third kappa shape index (κ3) is 3.91. The maximum atomic E-state index is 5.99. The van der Waals surface area contributed by atoms with Gasteiger partial charge in [0, 0.05) is 11.8 Å². The molecular weight excluding hydrogens is 262 g/mol. The average molecular weight is 285 g/mol. The highest BCUT2D eigenvalue weighted by atomic mass is 16.5. The van der Waals surface area contributed by atoms with E-state index in [0.29, 0.717) is 18.2 Å². The van der Waals surface area contributed by atoms with Crippen LogP contribution >= 0.6 is 0 Å². The van der Waals surface area contributed by atoms with Crippen molar-refractivity contribution < 1.29 is 9.47 Å². The highest BCUT2D eigenvalue weighted by molar-refractivity contribution is 5.47. The molecule has 0 saturated carbocycles. The Morgan fingerprint density at radius 1 is 1.14 bits per heavy atom. The second-order valence-corrected chi connectivity index (χ2v) is 5.25. The number of hydrogen-bond donors (Lipinski definition) is 1. The molecule has 0 aliphatic heterocycles. The molecule has 0 aromatic heterocycles. The van der Waals surface area contributed by atoms with Crippen molar-refractivity contribution in [2.45, 2.75) is 32.8 Å². The zero-order chi connectivity index (χ0) is 15.2. The zero-order valence-electron chi connectivity index (χ0n) is 12.9. The second kappa shape index (κ2) is 7.02. The molecule has 0 spiro atoms. The highest BCUT2D eigenvalue weighted by Crippen LogP contribution is 2.29. The van der Waals surface area contributed by atoms with Crippen molar-refractivity contribution in [2.24, 2.45) is 0 Å². The summed E-state index contributed by atoms with van der Waals surface area (Å²) in [6.07, 6.45) is 1.09. The molecule has 3 nitrogen and oxygen atoms in total. The van der Waals surface area contributed by atoms with E-state index in [9.17, 15) is 0 Å². The third-order valence-corrected chi connectivity index (χ3v) is 3.68. The van der Waals surface area contributed by atoms with E-state index in [1.807, 2.05) is 24.3 Å². The van der Waals surface area contributed by atoms with Crippen LogP contribution in [0.25, 0.3) is 0 Å². The van der Waals surface area contributed by atoms with Crippen LogP contribution in [0.3, 0.4) is 0 Å². The van der Waals surface area contributed by atoms with E-state index >= 15 is 0 Å². The summed E-state index contributed by atoms with van der Waals surface area (Å²) >= 11 is 0. The van der Waals surface area contributed by atoms with Gasteiger partial charge in [0.05, 0.1) is 7.11 Å². The molecule has 0 radical (unpaired) electrons. The molecule has 0 aliphatic carbocycles. The average Bonchev–Trinajstić information content (AvgIpc) is 2.51. The highest BCUT2D eigenvalue weighted by Gasteiger charge is 2.10. The van der Waals surface area contributed by atoms with E-state index in [-0.39, 0.29) is 0 Å². The summed E-state index contributed by atoms with van der Waals surface area (Å²) in [5.74, 6) is 2.17. The first-order valence-corrected chi connectivity index (χ1v) is 7.29. The Kier molecular flexibility index (Phi) is 5.09. The Bertz CT molecular complexity index is 596. The molecule has 3 heteroatoms. The summed E-state index contributed by atoms with van der Waals surface area (Å²) in [6.45, 7) is 4.88. The van der Waals surface area contributed by atoms with Gasteiger partial charge < -0.3 is 15.2 Å². The predicted molar refractivity (Wildman–Crippen MR) is 86.9 cm³/mol. The Hall–Kier alpha value is -2.16. The van der Waals surface area contributed by atoms with Crippen LogP contribution in [-0.2, 0) is 6.61 Å². The lowest BCUT2D eigenvalue weighted by Crippen LogP contribution is -2.02. The van der Waals surface area contributed by atoms with E-state index in [1.165, 1.54) is 5.56 Å². The first-order chi connectivity index (χ1) is 10.1. The fraction of sp³-hybridized carbons (Fsp3) is 0.333. The molecule has 0 amide bonds. The van der Waals surface area contributed by atoms with Crippen LogP contribution in [0.4, 0.5) is 5.69 Å². The molecule has 1 unspecified atom stereocenters. The molecule has 0 fully saturated rings. The fourth-order valence-electron chi connectivity index (χ4n) is 2.29. The van der Waals surface area contributed by atoms with Gasteiger partial charge >= 0.3 is 0 Å². The lowest BCUT2D eigenvalue weighted by Gasteiger charge is -2.16. The minimum atomic E-state index is 0.481. The molecule has 2 rings (SSSR count). The monoisotopic (exact) mass is 285 g/mol. The summed E-state index contributed by atoms with van der Waals surface area (Å²) in [5, 5.41) is 0. The molecule has 0 aliphatic rings. The lowest BCUT2D eigenvalue weighted by molar-refractivity contribution is 0.300. The van der Waals surface area contributed by atoms with Crippen molar-refractivity contribution in [1.82, 2.24) is 0 Å². The van der Waals surface area contributed by atoms with Gasteiger partial charge in [0.2, 0.25) is 0 Å². The molecule has 0 bridgehead atoms. The first kappa shape index (κ1) is 15.2. The normalized spacial score (nSPS) is 12.0. The number of anilines is 1. The van der Waals surface area contributed by atoms with Crippen LogP contribution in [0.15, 0.2) is 42.5 Å². The molecule has 2 aromatic carbocycles. The van der Waals surface area contributed by atoms with E-state index in [1.54, 1.807) is 13.2 Å². The third-order valence-electron chi connectivity index (χ3n) is 3.68. The Morgan fingerprint density at radius 2 is 1.90 bits per heavy atom. The van der Waals surface area contributed by atoms with Crippen molar-refractivity contribution >= 4 is 5.69 Å². The van der Waals surface area contributed by atoms with Crippen molar-refractivity contribution in [3.05, 3.63) is 53.6 Å². The predicted octanol–water partition coefficient (Wildman–Crippen LogP) is 4.37. The van der Waals surface area contributed by atoms with Crippen LogP contribution in [0, 0.1) is 0 Å². The number of nitrogens with two attached hydrogens (primary N) is 1. The number of rotatable bonds is 6. The number of benzene rings is 2. The molecule has 1 atom stereocenters. The first-order valence-electron chi connectivity index (χ1n) is 7.29. The summed E-state index contributed by atoms with van der Waals surface area (Å²) in [6, 6.07) is 13.9. The largest absolute Gasteiger partial charge is 0.497 e. The minimum absolute atomic E-state index is 0.481. The van der Waals surface area contributed by atoms with E-state index in [4.69, 9.17) is 15.2 Å². The minimum Gasteiger partial charge on any atom is -0.497 e. The molecule has 2 aromatic rings. The molecule has 21 heavy (non-hydrogen) atoms. The number of methoxy groups -OCH3 is 1. The van der Waals surface area contributed by atoms with Crippen LogP contribution in [0.2, 0.25) is 0 Å². The van der Waals surface area contributed by atoms with Crippen molar-refractivity contribution in [1.29, 1.82) is 0 Å². The van der Waals surface area contributed by atoms with Crippen LogP contribution < -0.4 is 15.2 Å². The second-order valence-electron chi connectivity index (χ2n) is 5.25. The molecule has 0 saturated heterocycles. The molecule has 112 valence electrons. The number of nitrogen functional groups attached to an aromatic ring is 1. The van der Waals surface area contributed by atoms with Crippen molar-refractivity contribution in [2.75, 3.05) is 12.8 Å². The Morgan fingerprint density at radius 3 is 2.62 bits per heavy atom. The van der Waals surface area contributed by atoms with Gasteiger partial charge in [-0.05, 0) is 41.7 Å². The number of hydrogen-bond acceptors (Lipinski definition) is 3. The van der Waals surface area contributed by atoms with Gasteiger partial charge in [0.25, 0.3) is 0 Å². The maximum absolute atomic E-state index is 5.99. The van der Waals surface area contributed by atoms with E-state index in [0.717, 1.165) is 23.5 Å². The smallest absolute Gasteiger partial charge is 0.123 e. The standard InChI is InChI=1S/C18H23NO2/c1-4-13(2)17-7-5-6-8-18(17)21-12-14-9-15(19)11-16(10-14)20-3/h5-11,13H,4,12,19H2,1-3H3. The van der Waals surface area contributed by atoms with Gasteiger partial charge in [-0.25, -0.2) is 0 Å². The summed E-state index contributed by atoms with van der Waals surface area (Å²) in [5.41, 5.74) is 8.80. The van der Waals surface area contributed by atoms with Crippen molar-refractivity contribution in [3.63, 3.8) is 0 Å². The number of para-hydroxylation sites is 1. The van der Waals surface area contributed by atoms with Crippen LogP contribution in [0.1, 0.15) is 37.3 Å². The fourth-order valence-corrected chi connectivity index (χ4v) is 2.29. The van der Waals surface area contributed by atoms with Gasteiger partial charge in [-0.2, -0.15) is 0 Å². The Balaban J connectivity index is 2.15. The lowest BCUT2D eigenvalue weighted by atomic mass is 9.98. The maximum Gasteiger partial charge on any atom is 0.123 e. The van der Waals surface area contributed by atoms with Gasteiger partial charge in [-0.3, -0.25) is 0 Å². The summed E-state index contributed by atoms with van der Waals surface area (Å²) in [4.78, 5) is 0. The van der Waals surface area contributed by atoms with E-state index < -0.39 is 0 Å². The SMILES string of the molecule is CCC(C)c1ccccc1OCc1cc(N)cc(OC)c1. The molecule has 2 N–H and O–H groups in total. The number of ether oxygens (including phenoxy) is 2. The zero-order valence-corrected chi connectivity index (χ0v) is 12.9. The molecular formula is C18H23NO2. The van der Waals surface area contributed by atoms with Crippen LogP contribution in [-0.4, -0.2) is 7.11 Å². The van der Waals surface area contributed by atoms with Crippen molar-refractivity contribution in [3.8, 4) is 11.5 Å². The summed E-state index contributed by atoms with van der Waals surface area (Å²) in [7, 11) is 1.64. The Labute approximate surface area is 126 Å². The van der Waals surface area contributed by atoms with Gasteiger partial charge in [-0.15, -0.1) is 0 Å². The summed E-state index contributed by atoms with van der Waals surface area (Å²) < 4.78 is 11.2. The van der Waals surface area contributed by atoms with Gasteiger partial charge in [0.15, 0.2) is 0 Å². The topological polar surface area (TPSA) is 44.5 Å². The van der Waals surface area contributed by atoms with Gasteiger partial charge in [-0.1, -0.05) is 32.0 Å². The van der Waals surface area contributed by atoms with Crippen LogP contribution in [0.5, 0.6) is 11.5 Å².